The molecule has 0 radical (unpaired) electrons. The highest BCUT2D eigenvalue weighted by molar-refractivity contribution is 5.89. The Kier molecular flexibility index (Phi) is 3.49. The van der Waals surface area contributed by atoms with Gasteiger partial charge in [0.25, 0.3) is 6.43 Å². The van der Waals surface area contributed by atoms with Crippen LogP contribution >= 0.6 is 0 Å². The summed E-state index contributed by atoms with van der Waals surface area (Å²) in [6.07, 6.45) is -1.46. The van der Waals surface area contributed by atoms with Crippen LogP contribution in [-0.4, -0.2) is 33.8 Å². The molecule has 4 nitrogen and oxygen atoms in total. The first-order valence-electron chi connectivity index (χ1n) is 7.04. The first-order chi connectivity index (χ1) is 10.0. The van der Waals surface area contributed by atoms with Crippen LogP contribution < -0.4 is 4.90 Å². The lowest BCUT2D eigenvalue weighted by Gasteiger charge is -2.23. The molecule has 2 heterocycles. The highest BCUT2D eigenvalue weighted by Gasteiger charge is 2.35. The number of nitrogens with zero attached hydrogens (tertiary/aromatic N) is 3. The van der Waals surface area contributed by atoms with Gasteiger partial charge in [-0.25, -0.2) is 18.7 Å². The van der Waals surface area contributed by atoms with Crippen molar-refractivity contribution in [1.82, 2.24) is 9.97 Å². The van der Waals surface area contributed by atoms with Crippen molar-refractivity contribution in [1.29, 1.82) is 0 Å². The molecule has 0 amide bonds. The van der Waals surface area contributed by atoms with Crippen molar-refractivity contribution in [2.24, 2.45) is 0 Å². The molecular weight excluding hydrogens is 276 g/mol. The van der Waals surface area contributed by atoms with Gasteiger partial charge < -0.3 is 10.0 Å². The Hall–Kier alpha value is -1.82. The third-order valence-corrected chi connectivity index (χ3v) is 4.09. The summed E-state index contributed by atoms with van der Waals surface area (Å²) in [6.45, 7) is 2.94. The topological polar surface area (TPSA) is 49.2 Å². The van der Waals surface area contributed by atoms with Crippen LogP contribution in [0.1, 0.15) is 32.0 Å². The quantitative estimate of drug-likeness (QED) is 0.945. The lowest BCUT2D eigenvalue weighted by atomic mass is 10.0. The van der Waals surface area contributed by atoms with Gasteiger partial charge >= 0.3 is 0 Å². The average molecular weight is 293 g/mol. The Morgan fingerprint density at radius 1 is 1.33 bits per heavy atom. The van der Waals surface area contributed by atoms with E-state index < -0.39 is 17.9 Å². The number of halogens is 2. The Bertz CT molecular complexity index is 664. The smallest absolute Gasteiger partial charge is 0.297 e. The van der Waals surface area contributed by atoms with Gasteiger partial charge in [-0.1, -0.05) is 19.1 Å². The summed E-state index contributed by atoms with van der Waals surface area (Å²) in [6, 6.07) is 7.12. The summed E-state index contributed by atoms with van der Waals surface area (Å²) < 4.78 is 26.0. The van der Waals surface area contributed by atoms with E-state index in [2.05, 4.69) is 9.97 Å². The zero-order valence-electron chi connectivity index (χ0n) is 11.8. The molecular formula is C15H17F2N3O. The Labute approximate surface area is 121 Å². The van der Waals surface area contributed by atoms with Gasteiger partial charge in [0, 0.05) is 18.5 Å². The van der Waals surface area contributed by atoms with Gasteiger partial charge in [-0.3, -0.25) is 0 Å². The number of alkyl halides is 2. The third-order valence-electron chi connectivity index (χ3n) is 4.09. The molecule has 1 fully saturated rings. The van der Waals surface area contributed by atoms with Gasteiger partial charge in [-0.05, 0) is 25.0 Å². The van der Waals surface area contributed by atoms with Crippen molar-refractivity contribution in [3.05, 3.63) is 30.1 Å². The van der Waals surface area contributed by atoms with Crippen molar-refractivity contribution in [3.63, 3.8) is 0 Å². The molecule has 1 unspecified atom stereocenters. The second-order valence-corrected chi connectivity index (χ2v) is 5.47. The van der Waals surface area contributed by atoms with Gasteiger partial charge in [0.1, 0.15) is 5.82 Å². The molecule has 21 heavy (non-hydrogen) atoms. The van der Waals surface area contributed by atoms with E-state index >= 15 is 0 Å². The van der Waals surface area contributed by atoms with Crippen LogP contribution in [0.3, 0.4) is 0 Å². The second kappa shape index (κ2) is 5.18. The minimum atomic E-state index is -2.71. The number of fused-ring (bicyclic) bond motifs is 1. The number of aromatic nitrogens is 2. The number of benzene rings is 1. The molecule has 0 saturated carbocycles. The Balaban J connectivity index is 2.09. The Morgan fingerprint density at radius 3 is 2.76 bits per heavy atom. The first kappa shape index (κ1) is 14.1. The standard InChI is InChI=1S/C15H17F2N3O/c1-2-15(21)7-8-20(9-15)14-10-5-3-4-6-11(10)18-13(19-14)12(16)17/h3-6,12,21H,2,7-9H2,1H3. The van der Waals surface area contributed by atoms with E-state index in [0.717, 1.165) is 5.39 Å². The largest absolute Gasteiger partial charge is 0.388 e. The van der Waals surface area contributed by atoms with Crippen LogP contribution in [-0.2, 0) is 0 Å². The van der Waals surface area contributed by atoms with E-state index in [-0.39, 0.29) is 0 Å². The number of aliphatic hydroxyl groups is 1. The molecule has 1 aliphatic rings. The molecule has 1 aromatic heterocycles. The van der Waals surface area contributed by atoms with Crippen LogP contribution in [0, 0.1) is 0 Å². The van der Waals surface area contributed by atoms with Crippen LogP contribution in [0.15, 0.2) is 24.3 Å². The number of hydrogen-bond acceptors (Lipinski definition) is 4. The van der Waals surface area contributed by atoms with E-state index in [4.69, 9.17) is 0 Å². The summed E-state index contributed by atoms with van der Waals surface area (Å²) in [4.78, 5) is 9.82. The molecule has 0 bridgehead atoms. The summed E-state index contributed by atoms with van der Waals surface area (Å²) >= 11 is 0. The number of anilines is 1. The summed E-state index contributed by atoms with van der Waals surface area (Å²) in [5.74, 6) is 0.0240. The van der Waals surface area contributed by atoms with Crippen molar-refractivity contribution in [2.75, 3.05) is 18.0 Å². The molecule has 0 aliphatic carbocycles. The SMILES string of the molecule is CCC1(O)CCN(c2nc(C(F)F)nc3ccccc23)C1. The predicted molar refractivity (Wildman–Crippen MR) is 76.6 cm³/mol. The number of hydrogen-bond donors (Lipinski definition) is 1. The van der Waals surface area contributed by atoms with Crippen LogP contribution in [0.4, 0.5) is 14.6 Å². The van der Waals surface area contributed by atoms with Crippen LogP contribution in [0.2, 0.25) is 0 Å². The van der Waals surface area contributed by atoms with Crippen molar-refractivity contribution in [2.45, 2.75) is 31.8 Å². The van der Waals surface area contributed by atoms with Gasteiger partial charge in [0.15, 0.2) is 5.82 Å². The van der Waals surface area contributed by atoms with E-state index in [1.165, 1.54) is 0 Å². The molecule has 1 atom stereocenters. The lowest BCUT2D eigenvalue weighted by molar-refractivity contribution is 0.0593. The van der Waals surface area contributed by atoms with Gasteiger partial charge in [0.2, 0.25) is 0 Å². The molecule has 2 aromatic rings. The van der Waals surface area contributed by atoms with E-state index in [1.54, 1.807) is 12.1 Å². The molecule has 1 N–H and O–H groups in total. The molecule has 1 aliphatic heterocycles. The summed E-state index contributed by atoms with van der Waals surface area (Å²) in [5, 5.41) is 11.1. The normalized spacial score (nSPS) is 22.4. The maximum atomic E-state index is 13.0. The Morgan fingerprint density at radius 2 is 2.10 bits per heavy atom. The molecule has 3 rings (SSSR count). The molecule has 1 saturated heterocycles. The first-order valence-corrected chi connectivity index (χ1v) is 7.04. The monoisotopic (exact) mass is 293 g/mol. The van der Waals surface area contributed by atoms with Gasteiger partial charge in [-0.15, -0.1) is 0 Å². The number of para-hydroxylation sites is 1. The van der Waals surface area contributed by atoms with Crippen molar-refractivity contribution in [3.8, 4) is 0 Å². The molecule has 112 valence electrons. The van der Waals surface area contributed by atoms with Crippen molar-refractivity contribution < 1.29 is 13.9 Å². The summed E-state index contributed by atoms with van der Waals surface area (Å²) in [5.41, 5.74) is -0.262. The lowest BCUT2D eigenvalue weighted by Crippen LogP contribution is -2.32. The van der Waals surface area contributed by atoms with E-state index in [1.807, 2.05) is 24.0 Å². The fourth-order valence-corrected chi connectivity index (χ4v) is 2.74. The summed E-state index contributed by atoms with van der Waals surface area (Å²) in [7, 11) is 0. The van der Waals surface area contributed by atoms with Gasteiger partial charge in [0.05, 0.1) is 11.1 Å². The fraction of sp³-hybridized carbons (Fsp3) is 0.467. The highest BCUT2D eigenvalue weighted by Crippen LogP contribution is 2.33. The van der Waals surface area contributed by atoms with Crippen molar-refractivity contribution >= 4 is 16.7 Å². The number of β-amino-alcohol motifs (C(OH)–C–C–N with tert-alkyl or cyclic N) is 1. The minimum absolute atomic E-state index is 0.410. The minimum Gasteiger partial charge on any atom is -0.388 e. The van der Waals surface area contributed by atoms with E-state index in [9.17, 15) is 13.9 Å². The third kappa shape index (κ3) is 2.55. The van der Waals surface area contributed by atoms with E-state index in [0.29, 0.717) is 37.3 Å². The molecule has 6 heteroatoms. The fourth-order valence-electron chi connectivity index (χ4n) is 2.74. The zero-order valence-corrected chi connectivity index (χ0v) is 11.8. The molecule has 1 aromatic carbocycles. The van der Waals surface area contributed by atoms with Gasteiger partial charge in [-0.2, -0.15) is 0 Å². The second-order valence-electron chi connectivity index (χ2n) is 5.47. The predicted octanol–water partition coefficient (Wildman–Crippen LogP) is 2.92. The zero-order chi connectivity index (χ0) is 15.0. The maximum Gasteiger partial charge on any atom is 0.297 e. The number of rotatable bonds is 3. The van der Waals surface area contributed by atoms with Crippen LogP contribution in [0.5, 0.6) is 0 Å². The maximum absolute atomic E-state index is 13.0. The van der Waals surface area contributed by atoms with Crippen LogP contribution in [0.25, 0.3) is 10.9 Å². The average Bonchev–Trinajstić information content (AvgIpc) is 2.89. The molecule has 0 spiro atoms. The highest BCUT2D eigenvalue weighted by atomic mass is 19.3.